The number of nitrogens with zero attached hydrogens (tertiary/aromatic N) is 1. The summed E-state index contributed by atoms with van der Waals surface area (Å²) in [5.74, 6) is -1.16. The number of carboxylic acid groups (broad SMARTS) is 1. The van der Waals surface area contributed by atoms with Crippen LogP contribution in [-0.4, -0.2) is 42.3 Å². The molecule has 0 radical (unpaired) electrons. The van der Waals surface area contributed by atoms with Gasteiger partial charge in [0.1, 0.15) is 10.6 Å². The molecule has 7 nitrogen and oxygen atoms in total. The van der Waals surface area contributed by atoms with Crippen LogP contribution < -0.4 is 4.72 Å². The van der Waals surface area contributed by atoms with Gasteiger partial charge in [-0.05, 0) is 25.8 Å². The zero-order valence-electron chi connectivity index (χ0n) is 11.2. The van der Waals surface area contributed by atoms with Crippen LogP contribution in [0.2, 0.25) is 0 Å². The van der Waals surface area contributed by atoms with Crippen LogP contribution in [0.4, 0.5) is 0 Å². The van der Waals surface area contributed by atoms with E-state index >= 15 is 0 Å². The molecule has 1 saturated carbocycles. The van der Waals surface area contributed by atoms with Gasteiger partial charge in [-0.1, -0.05) is 0 Å². The van der Waals surface area contributed by atoms with Crippen molar-refractivity contribution in [3.8, 4) is 0 Å². The molecule has 1 fully saturated rings. The molecule has 0 aromatic carbocycles. The second-order valence-corrected chi connectivity index (χ2v) is 6.90. The van der Waals surface area contributed by atoms with Crippen molar-refractivity contribution in [2.24, 2.45) is 5.41 Å². The van der Waals surface area contributed by atoms with Crippen molar-refractivity contribution in [2.75, 3.05) is 13.2 Å². The highest BCUT2D eigenvalue weighted by Gasteiger charge is 2.42. The van der Waals surface area contributed by atoms with Crippen LogP contribution in [0.5, 0.6) is 0 Å². The summed E-state index contributed by atoms with van der Waals surface area (Å²) in [4.78, 5) is 11.0. The SMILES string of the molecule is CCn1cc(S(=O)(=O)NCC2(CO)CC2)cc1C(=O)O. The third kappa shape index (κ3) is 2.87. The van der Waals surface area contributed by atoms with E-state index in [0.29, 0.717) is 6.54 Å². The largest absolute Gasteiger partial charge is 0.477 e. The molecular formula is C12H18N2O5S. The molecule has 2 rings (SSSR count). The number of aryl methyl sites for hydroxylation is 1. The predicted molar refractivity (Wildman–Crippen MR) is 71.0 cm³/mol. The van der Waals surface area contributed by atoms with Crippen LogP contribution in [0.25, 0.3) is 0 Å². The lowest BCUT2D eigenvalue weighted by Gasteiger charge is -2.12. The molecule has 1 aromatic rings. The number of nitrogens with one attached hydrogen (secondary N) is 1. The Kier molecular flexibility index (Phi) is 3.90. The highest BCUT2D eigenvalue weighted by Crippen LogP contribution is 2.44. The maximum atomic E-state index is 12.1. The third-order valence-electron chi connectivity index (χ3n) is 3.67. The van der Waals surface area contributed by atoms with E-state index in [4.69, 9.17) is 10.2 Å². The number of aliphatic hydroxyl groups is 1. The fourth-order valence-corrected chi connectivity index (χ4v) is 3.17. The Morgan fingerprint density at radius 2 is 2.15 bits per heavy atom. The molecule has 0 spiro atoms. The average Bonchev–Trinajstić information content (AvgIpc) is 3.05. The number of hydrogen-bond acceptors (Lipinski definition) is 4. The van der Waals surface area contributed by atoms with Gasteiger partial charge in [-0.2, -0.15) is 0 Å². The minimum absolute atomic E-state index is 0.0497. The average molecular weight is 302 g/mol. The highest BCUT2D eigenvalue weighted by molar-refractivity contribution is 7.89. The lowest BCUT2D eigenvalue weighted by molar-refractivity contribution is 0.0685. The van der Waals surface area contributed by atoms with Gasteiger partial charge in [-0.3, -0.25) is 0 Å². The van der Waals surface area contributed by atoms with Gasteiger partial charge >= 0.3 is 5.97 Å². The van der Waals surface area contributed by atoms with Gasteiger partial charge in [0.2, 0.25) is 10.0 Å². The number of carboxylic acids is 1. The van der Waals surface area contributed by atoms with E-state index in [0.717, 1.165) is 18.9 Å². The standard InChI is InChI=1S/C12H18N2O5S/c1-2-14-6-9(5-10(14)11(16)17)20(18,19)13-7-12(8-15)3-4-12/h5-6,13,15H,2-4,7-8H2,1H3,(H,16,17). The van der Waals surface area contributed by atoms with Gasteiger partial charge in [0, 0.05) is 31.3 Å². The van der Waals surface area contributed by atoms with E-state index < -0.39 is 16.0 Å². The van der Waals surface area contributed by atoms with Crippen LogP contribution in [0.3, 0.4) is 0 Å². The summed E-state index contributed by atoms with van der Waals surface area (Å²) in [6.45, 7) is 2.23. The quantitative estimate of drug-likeness (QED) is 0.669. The molecule has 1 aliphatic rings. The molecule has 0 saturated heterocycles. The minimum Gasteiger partial charge on any atom is -0.477 e. The first-order valence-corrected chi connectivity index (χ1v) is 7.86. The molecule has 0 unspecified atom stereocenters. The highest BCUT2D eigenvalue weighted by atomic mass is 32.2. The minimum atomic E-state index is -3.75. The van der Waals surface area contributed by atoms with Crippen molar-refractivity contribution < 1.29 is 23.4 Å². The van der Waals surface area contributed by atoms with Gasteiger partial charge in [0.25, 0.3) is 0 Å². The van der Waals surface area contributed by atoms with E-state index in [9.17, 15) is 13.2 Å². The summed E-state index contributed by atoms with van der Waals surface area (Å²) < 4.78 is 28.1. The van der Waals surface area contributed by atoms with Crippen molar-refractivity contribution in [3.63, 3.8) is 0 Å². The fourth-order valence-electron chi connectivity index (χ4n) is 1.97. The van der Waals surface area contributed by atoms with Gasteiger partial charge in [0.05, 0.1) is 0 Å². The molecule has 1 heterocycles. The zero-order chi connectivity index (χ0) is 15.0. The summed E-state index contributed by atoms with van der Waals surface area (Å²) in [6, 6.07) is 1.15. The van der Waals surface area contributed by atoms with Crippen LogP contribution in [-0.2, 0) is 16.6 Å². The molecule has 20 heavy (non-hydrogen) atoms. The summed E-state index contributed by atoms with van der Waals surface area (Å²) in [5, 5.41) is 18.2. The molecule has 112 valence electrons. The third-order valence-corrected chi connectivity index (χ3v) is 5.04. The number of aliphatic hydroxyl groups excluding tert-OH is 1. The van der Waals surface area contributed by atoms with Crippen molar-refractivity contribution in [2.45, 2.75) is 31.2 Å². The first-order chi connectivity index (χ1) is 9.33. The van der Waals surface area contributed by atoms with Crippen LogP contribution >= 0.6 is 0 Å². The normalized spacial score (nSPS) is 17.1. The van der Waals surface area contributed by atoms with E-state index in [2.05, 4.69) is 4.72 Å². The van der Waals surface area contributed by atoms with E-state index in [1.807, 2.05) is 0 Å². The number of aromatic nitrogens is 1. The molecule has 0 atom stereocenters. The second kappa shape index (κ2) is 5.19. The first kappa shape index (κ1) is 15.0. The smallest absolute Gasteiger partial charge is 0.352 e. The Morgan fingerprint density at radius 1 is 1.50 bits per heavy atom. The summed E-state index contributed by atoms with van der Waals surface area (Å²) >= 11 is 0. The number of rotatable bonds is 7. The monoisotopic (exact) mass is 302 g/mol. The number of hydrogen-bond donors (Lipinski definition) is 3. The maximum absolute atomic E-state index is 12.1. The number of carbonyl (C=O) groups is 1. The maximum Gasteiger partial charge on any atom is 0.352 e. The molecule has 0 bridgehead atoms. The lowest BCUT2D eigenvalue weighted by atomic mass is 10.1. The molecular weight excluding hydrogens is 284 g/mol. The molecule has 0 amide bonds. The van der Waals surface area contributed by atoms with Gasteiger partial charge in [0.15, 0.2) is 0 Å². The van der Waals surface area contributed by atoms with Crippen molar-refractivity contribution >= 4 is 16.0 Å². The Labute approximate surface area is 117 Å². The number of aromatic carboxylic acids is 1. The fraction of sp³-hybridized carbons (Fsp3) is 0.583. The molecule has 0 aliphatic heterocycles. The zero-order valence-corrected chi connectivity index (χ0v) is 12.0. The van der Waals surface area contributed by atoms with Crippen LogP contribution in [0, 0.1) is 5.41 Å². The Bertz CT molecular complexity index is 616. The van der Waals surface area contributed by atoms with E-state index in [1.165, 1.54) is 10.8 Å². The summed E-state index contributed by atoms with van der Waals surface area (Å²) in [7, 11) is -3.75. The molecule has 1 aliphatic carbocycles. The first-order valence-electron chi connectivity index (χ1n) is 6.37. The Hall–Kier alpha value is -1.38. The Balaban J connectivity index is 2.19. The predicted octanol–water partition coefficient (Wildman–Crippen LogP) is 0.257. The van der Waals surface area contributed by atoms with E-state index in [1.54, 1.807) is 6.92 Å². The van der Waals surface area contributed by atoms with Gasteiger partial charge in [-0.25, -0.2) is 17.9 Å². The Morgan fingerprint density at radius 3 is 2.55 bits per heavy atom. The molecule has 1 aromatic heterocycles. The van der Waals surface area contributed by atoms with E-state index in [-0.39, 0.29) is 29.2 Å². The molecule has 8 heteroatoms. The van der Waals surface area contributed by atoms with Crippen LogP contribution in [0.1, 0.15) is 30.3 Å². The van der Waals surface area contributed by atoms with Crippen molar-refractivity contribution in [3.05, 3.63) is 18.0 Å². The summed E-state index contributed by atoms with van der Waals surface area (Å²) in [6.07, 6.45) is 2.90. The summed E-state index contributed by atoms with van der Waals surface area (Å²) in [5.41, 5.74) is -0.396. The topological polar surface area (TPSA) is 109 Å². The lowest BCUT2D eigenvalue weighted by Crippen LogP contribution is -2.31. The molecule has 3 N–H and O–H groups in total. The van der Waals surface area contributed by atoms with Crippen molar-refractivity contribution in [1.82, 2.24) is 9.29 Å². The van der Waals surface area contributed by atoms with Gasteiger partial charge < -0.3 is 14.8 Å². The number of sulfonamides is 1. The second-order valence-electron chi connectivity index (χ2n) is 5.13. The van der Waals surface area contributed by atoms with Gasteiger partial charge in [-0.15, -0.1) is 0 Å². The van der Waals surface area contributed by atoms with Crippen molar-refractivity contribution in [1.29, 1.82) is 0 Å². The van der Waals surface area contributed by atoms with Crippen LogP contribution in [0.15, 0.2) is 17.2 Å².